The molecular weight excluding hydrogens is 216 g/mol. The summed E-state index contributed by atoms with van der Waals surface area (Å²) in [4.78, 5) is 14.2. The van der Waals surface area contributed by atoms with Gasteiger partial charge >= 0.3 is 0 Å². The first-order valence-electron chi connectivity index (χ1n) is 6.81. The van der Waals surface area contributed by atoms with Crippen molar-refractivity contribution in [3.63, 3.8) is 0 Å². The van der Waals surface area contributed by atoms with Crippen molar-refractivity contribution in [3.05, 3.63) is 0 Å². The molecule has 1 unspecified atom stereocenters. The third kappa shape index (κ3) is 3.68. The summed E-state index contributed by atoms with van der Waals surface area (Å²) < 4.78 is 5.30. The summed E-state index contributed by atoms with van der Waals surface area (Å²) in [6.45, 7) is 4.59. The third-order valence-corrected chi connectivity index (χ3v) is 3.88. The van der Waals surface area contributed by atoms with Gasteiger partial charge in [-0.3, -0.25) is 4.79 Å². The molecule has 0 aromatic heterocycles. The van der Waals surface area contributed by atoms with E-state index in [4.69, 9.17) is 4.74 Å². The molecule has 2 aliphatic heterocycles. The van der Waals surface area contributed by atoms with E-state index in [0.717, 1.165) is 45.7 Å². The van der Waals surface area contributed by atoms with Gasteiger partial charge in [0, 0.05) is 32.7 Å². The number of hydrogen-bond donors (Lipinski definition) is 1. The summed E-state index contributed by atoms with van der Waals surface area (Å²) >= 11 is 0. The van der Waals surface area contributed by atoms with E-state index in [9.17, 15) is 4.79 Å². The van der Waals surface area contributed by atoms with Crippen molar-refractivity contribution in [1.82, 2.24) is 10.2 Å². The van der Waals surface area contributed by atoms with Gasteiger partial charge in [0.25, 0.3) is 0 Å². The summed E-state index contributed by atoms with van der Waals surface area (Å²) in [5.41, 5.74) is 0. The van der Waals surface area contributed by atoms with Gasteiger partial charge < -0.3 is 15.0 Å². The number of hydrogen-bond acceptors (Lipinski definition) is 3. The van der Waals surface area contributed by atoms with E-state index in [1.165, 1.54) is 12.8 Å². The van der Waals surface area contributed by atoms with Crippen LogP contribution >= 0.6 is 0 Å². The van der Waals surface area contributed by atoms with Gasteiger partial charge in [-0.1, -0.05) is 0 Å². The quantitative estimate of drug-likeness (QED) is 0.796. The molecule has 0 spiro atoms. The molecule has 4 nitrogen and oxygen atoms in total. The van der Waals surface area contributed by atoms with E-state index >= 15 is 0 Å². The van der Waals surface area contributed by atoms with Crippen molar-refractivity contribution >= 4 is 5.91 Å². The maximum absolute atomic E-state index is 12.2. The van der Waals surface area contributed by atoms with Crippen LogP contribution in [-0.2, 0) is 9.53 Å². The number of nitrogens with zero attached hydrogens (tertiary/aromatic N) is 1. The number of carbonyl (C=O) groups is 1. The molecule has 1 atom stereocenters. The molecule has 0 aliphatic carbocycles. The Bertz CT molecular complexity index is 246. The van der Waals surface area contributed by atoms with Crippen LogP contribution in [0.2, 0.25) is 0 Å². The molecule has 0 saturated carbocycles. The van der Waals surface area contributed by atoms with E-state index in [2.05, 4.69) is 5.32 Å². The summed E-state index contributed by atoms with van der Waals surface area (Å²) in [6, 6.07) is 0. The average Bonchev–Trinajstić information content (AvgIpc) is 2.40. The minimum atomic E-state index is 0.199. The van der Waals surface area contributed by atoms with Gasteiger partial charge in [0.15, 0.2) is 0 Å². The van der Waals surface area contributed by atoms with E-state index in [1.54, 1.807) is 0 Å². The van der Waals surface area contributed by atoms with Crippen molar-refractivity contribution in [2.75, 3.05) is 39.9 Å². The van der Waals surface area contributed by atoms with Crippen LogP contribution in [-0.4, -0.2) is 50.7 Å². The molecule has 17 heavy (non-hydrogen) atoms. The van der Waals surface area contributed by atoms with Crippen LogP contribution in [0.1, 0.15) is 25.7 Å². The first-order valence-corrected chi connectivity index (χ1v) is 6.81. The Morgan fingerprint density at radius 2 is 2.12 bits per heavy atom. The Kier molecular flexibility index (Phi) is 4.80. The van der Waals surface area contributed by atoms with Gasteiger partial charge in [0.2, 0.25) is 5.91 Å². The molecule has 4 heteroatoms. The fraction of sp³-hybridized carbons (Fsp3) is 0.923. The molecule has 98 valence electrons. The molecule has 0 radical (unpaired) electrons. The lowest BCUT2D eigenvalue weighted by Crippen LogP contribution is -2.42. The number of nitrogens with one attached hydrogen (secondary N) is 1. The zero-order chi connectivity index (χ0) is 12.1. The fourth-order valence-corrected chi connectivity index (χ4v) is 2.81. The van der Waals surface area contributed by atoms with Crippen molar-refractivity contribution in [2.45, 2.75) is 25.7 Å². The molecule has 0 bridgehead atoms. The lowest BCUT2D eigenvalue weighted by molar-refractivity contribution is -0.137. The minimum absolute atomic E-state index is 0.199. The Morgan fingerprint density at radius 1 is 1.35 bits per heavy atom. The molecule has 1 amide bonds. The summed E-state index contributed by atoms with van der Waals surface area (Å²) in [6.07, 6.45) is 4.28. The summed E-state index contributed by atoms with van der Waals surface area (Å²) in [7, 11) is 1.95. The third-order valence-electron chi connectivity index (χ3n) is 3.88. The predicted molar refractivity (Wildman–Crippen MR) is 66.8 cm³/mol. The largest absolute Gasteiger partial charge is 0.381 e. The topological polar surface area (TPSA) is 41.6 Å². The van der Waals surface area contributed by atoms with Crippen LogP contribution in [0.15, 0.2) is 0 Å². The first kappa shape index (κ1) is 12.8. The molecular formula is C13H24N2O2. The second-order valence-corrected chi connectivity index (χ2v) is 5.32. The Balaban J connectivity index is 1.77. The smallest absolute Gasteiger partial charge is 0.225 e. The highest BCUT2D eigenvalue weighted by Gasteiger charge is 2.26. The Hall–Kier alpha value is -0.610. The lowest BCUT2D eigenvalue weighted by Gasteiger charge is -2.31. The zero-order valence-electron chi connectivity index (χ0n) is 10.8. The molecule has 0 aromatic rings. The van der Waals surface area contributed by atoms with E-state index < -0.39 is 0 Å². The lowest BCUT2D eigenvalue weighted by atomic mass is 9.96. The van der Waals surface area contributed by atoms with Crippen LogP contribution in [0.4, 0.5) is 0 Å². The average molecular weight is 240 g/mol. The van der Waals surface area contributed by atoms with E-state index in [1.807, 2.05) is 11.9 Å². The second kappa shape index (κ2) is 6.36. The zero-order valence-corrected chi connectivity index (χ0v) is 10.8. The van der Waals surface area contributed by atoms with Crippen molar-refractivity contribution in [2.24, 2.45) is 11.8 Å². The van der Waals surface area contributed by atoms with Gasteiger partial charge in [-0.15, -0.1) is 0 Å². The maximum atomic E-state index is 12.2. The Labute approximate surface area is 104 Å². The molecule has 2 heterocycles. The highest BCUT2D eigenvalue weighted by atomic mass is 16.5. The number of rotatable bonds is 3. The fourth-order valence-electron chi connectivity index (χ4n) is 2.81. The highest BCUT2D eigenvalue weighted by molar-refractivity contribution is 5.78. The monoisotopic (exact) mass is 240 g/mol. The molecule has 2 saturated heterocycles. The van der Waals surface area contributed by atoms with E-state index in [-0.39, 0.29) is 5.92 Å². The van der Waals surface area contributed by atoms with Crippen LogP contribution in [0.3, 0.4) is 0 Å². The maximum Gasteiger partial charge on any atom is 0.225 e. The van der Waals surface area contributed by atoms with Gasteiger partial charge in [-0.2, -0.15) is 0 Å². The normalized spacial score (nSPS) is 26.8. The molecule has 2 aliphatic rings. The summed E-state index contributed by atoms with van der Waals surface area (Å²) in [5.74, 6) is 1.15. The SMILES string of the molecule is CN(CC1CCCNC1)C(=O)C1CCOCC1. The van der Waals surface area contributed by atoms with Crippen LogP contribution in [0.25, 0.3) is 0 Å². The number of amides is 1. The van der Waals surface area contributed by atoms with Gasteiger partial charge in [-0.05, 0) is 44.7 Å². The van der Waals surface area contributed by atoms with Crippen LogP contribution < -0.4 is 5.32 Å². The molecule has 0 aromatic carbocycles. The highest BCUT2D eigenvalue weighted by Crippen LogP contribution is 2.18. The second-order valence-electron chi connectivity index (χ2n) is 5.32. The Morgan fingerprint density at radius 3 is 2.76 bits per heavy atom. The van der Waals surface area contributed by atoms with Crippen molar-refractivity contribution in [1.29, 1.82) is 0 Å². The molecule has 2 fully saturated rings. The molecule has 2 rings (SSSR count). The van der Waals surface area contributed by atoms with E-state index in [0.29, 0.717) is 11.8 Å². The number of carbonyl (C=O) groups excluding carboxylic acids is 1. The van der Waals surface area contributed by atoms with Crippen LogP contribution in [0, 0.1) is 11.8 Å². The standard InChI is InChI=1S/C13H24N2O2/c1-15(10-11-3-2-6-14-9-11)13(16)12-4-7-17-8-5-12/h11-12,14H,2-10H2,1H3. The minimum Gasteiger partial charge on any atom is -0.381 e. The van der Waals surface area contributed by atoms with Gasteiger partial charge in [-0.25, -0.2) is 0 Å². The predicted octanol–water partition coefficient (Wildman–Crippen LogP) is 0.871. The van der Waals surface area contributed by atoms with Crippen LogP contribution in [0.5, 0.6) is 0 Å². The summed E-state index contributed by atoms with van der Waals surface area (Å²) in [5, 5.41) is 3.40. The van der Waals surface area contributed by atoms with Gasteiger partial charge in [0.1, 0.15) is 0 Å². The number of piperidine rings is 1. The van der Waals surface area contributed by atoms with Crippen molar-refractivity contribution < 1.29 is 9.53 Å². The molecule has 1 N–H and O–H groups in total. The number of ether oxygens (including phenoxy) is 1. The van der Waals surface area contributed by atoms with Crippen molar-refractivity contribution in [3.8, 4) is 0 Å². The van der Waals surface area contributed by atoms with Gasteiger partial charge in [0.05, 0.1) is 0 Å². The first-order chi connectivity index (χ1) is 8.27.